The SMILES string of the molecule is O=C(c1ccccc1Cl)[C@H]1[C@H](c2ccccc2)C2(C(=O)c3ccccc3C2=O)[C@@H]2C=Cc3cc(F)ccc3N21. The smallest absolute Gasteiger partial charge is 0.187 e. The fourth-order valence-corrected chi connectivity index (χ4v) is 7.03. The molecule has 0 radical (unpaired) electrons. The Kier molecular flexibility index (Phi) is 5.23. The molecule has 4 aromatic carbocycles. The molecular weight excluding hydrogens is 513 g/mol. The van der Waals surface area contributed by atoms with E-state index >= 15 is 0 Å². The number of fused-ring (bicyclic) bond motifs is 5. The monoisotopic (exact) mass is 533 g/mol. The third-order valence-electron chi connectivity index (χ3n) is 8.33. The zero-order valence-corrected chi connectivity index (χ0v) is 21.3. The van der Waals surface area contributed by atoms with E-state index in [4.69, 9.17) is 11.6 Å². The molecule has 0 unspecified atom stereocenters. The van der Waals surface area contributed by atoms with E-state index in [0.29, 0.717) is 33.5 Å². The van der Waals surface area contributed by atoms with E-state index in [9.17, 15) is 18.8 Å². The van der Waals surface area contributed by atoms with Gasteiger partial charge in [0.25, 0.3) is 0 Å². The van der Waals surface area contributed by atoms with Gasteiger partial charge in [-0.1, -0.05) is 90.5 Å². The van der Waals surface area contributed by atoms with Gasteiger partial charge < -0.3 is 4.90 Å². The molecule has 1 spiro atoms. The quantitative estimate of drug-likeness (QED) is 0.215. The first kappa shape index (κ1) is 23.7. The highest BCUT2D eigenvalue weighted by Gasteiger charge is 2.71. The molecule has 1 aliphatic carbocycles. The van der Waals surface area contributed by atoms with Crippen LogP contribution in [0.1, 0.15) is 48.1 Å². The first-order chi connectivity index (χ1) is 18.9. The second-order valence-electron chi connectivity index (χ2n) is 10.2. The molecule has 3 atom stereocenters. The summed E-state index contributed by atoms with van der Waals surface area (Å²) in [6.45, 7) is 0. The van der Waals surface area contributed by atoms with Crippen LogP contribution in [-0.4, -0.2) is 29.4 Å². The summed E-state index contributed by atoms with van der Waals surface area (Å²) in [5, 5.41) is 0.283. The summed E-state index contributed by atoms with van der Waals surface area (Å²) < 4.78 is 14.3. The summed E-state index contributed by atoms with van der Waals surface area (Å²) in [5.74, 6) is -2.17. The predicted molar refractivity (Wildman–Crippen MR) is 148 cm³/mol. The number of rotatable bonds is 3. The zero-order chi connectivity index (χ0) is 26.9. The topological polar surface area (TPSA) is 54.5 Å². The first-order valence-corrected chi connectivity index (χ1v) is 13.1. The number of benzene rings is 4. The van der Waals surface area contributed by atoms with Crippen molar-refractivity contribution in [1.82, 2.24) is 0 Å². The Hall–Kier alpha value is -4.35. The lowest BCUT2D eigenvalue weighted by Gasteiger charge is -2.37. The maximum atomic E-state index is 14.6. The van der Waals surface area contributed by atoms with E-state index < -0.39 is 29.2 Å². The maximum Gasteiger partial charge on any atom is 0.187 e. The van der Waals surface area contributed by atoms with E-state index in [1.165, 1.54) is 12.1 Å². The number of anilines is 1. The minimum absolute atomic E-state index is 0.283. The highest BCUT2D eigenvalue weighted by Crippen LogP contribution is 2.61. The van der Waals surface area contributed by atoms with Crippen molar-refractivity contribution in [1.29, 1.82) is 0 Å². The highest BCUT2D eigenvalue weighted by atomic mass is 35.5. The zero-order valence-electron chi connectivity index (χ0n) is 20.6. The largest absolute Gasteiger partial charge is 0.352 e. The average Bonchev–Trinajstić information content (AvgIpc) is 3.39. The summed E-state index contributed by atoms with van der Waals surface area (Å²) in [4.78, 5) is 45.5. The lowest BCUT2D eigenvalue weighted by molar-refractivity contribution is 0.0666. The van der Waals surface area contributed by atoms with Crippen molar-refractivity contribution >= 4 is 40.7 Å². The third kappa shape index (κ3) is 3.14. The molecule has 4 nitrogen and oxygen atoms in total. The van der Waals surface area contributed by atoms with Crippen LogP contribution in [-0.2, 0) is 0 Å². The van der Waals surface area contributed by atoms with Crippen LogP contribution < -0.4 is 4.90 Å². The van der Waals surface area contributed by atoms with Crippen LogP contribution in [0, 0.1) is 11.2 Å². The molecule has 0 aromatic heterocycles. The first-order valence-electron chi connectivity index (χ1n) is 12.7. The normalized spacial score (nSPS) is 22.1. The summed E-state index contributed by atoms with van der Waals surface area (Å²) in [6.07, 6.45) is 3.52. The fourth-order valence-electron chi connectivity index (χ4n) is 6.80. The van der Waals surface area contributed by atoms with Gasteiger partial charge in [0, 0.05) is 33.9 Å². The third-order valence-corrected chi connectivity index (χ3v) is 8.66. The Labute approximate surface area is 229 Å². The number of nitrogens with zero attached hydrogens (tertiary/aromatic N) is 1. The Morgan fingerprint density at radius 3 is 2.15 bits per heavy atom. The Bertz CT molecular complexity index is 1700. The fraction of sp³-hybridized carbons (Fsp3) is 0.121. The van der Waals surface area contributed by atoms with E-state index in [1.54, 1.807) is 66.7 Å². The van der Waals surface area contributed by atoms with Gasteiger partial charge in [0.15, 0.2) is 17.3 Å². The Balaban J connectivity index is 1.56. The predicted octanol–water partition coefficient (Wildman–Crippen LogP) is 6.80. The Morgan fingerprint density at radius 2 is 1.46 bits per heavy atom. The molecule has 0 saturated carbocycles. The van der Waals surface area contributed by atoms with Crippen molar-refractivity contribution in [3.05, 3.63) is 142 Å². The minimum Gasteiger partial charge on any atom is -0.352 e. The molecule has 1 saturated heterocycles. The number of Topliss-reactive ketones (excluding diaryl/α,β-unsaturated/α-hetero) is 3. The van der Waals surface area contributed by atoms with Gasteiger partial charge in [-0.3, -0.25) is 14.4 Å². The summed E-state index contributed by atoms with van der Waals surface area (Å²) in [5.41, 5.74) is 1.26. The van der Waals surface area contributed by atoms with Gasteiger partial charge in [-0.2, -0.15) is 0 Å². The van der Waals surface area contributed by atoms with Gasteiger partial charge in [0.05, 0.1) is 11.1 Å². The molecule has 0 bridgehead atoms. The van der Waals surface area contributed by atoms with Crippen LogP contribution in [0.2, 0.25) is 5.02 Å². The van der Waals surface area contributed by atoms with E-state index in [-0.39, 0.29) is 22.4 Å². The van der Waals surface area contributed by atoms with Gasteiger partial charge >= 0.3 is 0 Å². The number of halogens is 2. The lowest BCUT2D eigenvalue weighted by Crippen LogP contribution is -2.48. The van der Waals surface area contributed by atoms with Gasteiger partial charge in [-0.25, -0.2) is 4.39 Å². The van der Waals surface area contributed by atoms with Crippen LogP contribution >= 0.6 is 11.6 Å². The lowest BCUT2D eigenvalue weighted by atomic mass is 9.64. The summed E-state index contributed by atoms with van der Waals surface area (Å²) in [7, 11) is 0. The van der Waals surface area contributed by atoms with Crippen LogP contribution in [0.4, 0.5) is 10.1 Å². The number of hydrogen-bond donors (Lipinski definition) is 0. The number of ketones is 3. The molecule has 4 aromatic rings. The summed E-state index contributed by atoms with van der Waals surface area (Å²) >= 11 is 6.53. The Morgan fingerprint density at radius 1 is 0.821 bits per heavy atom. The maximum absolute atomic E-state index is 14.6. The van der Waals surface area contributed by atoms with Crippen LogP contribution in [0.25, 0.3) is 6.08 Å². The second kappa shape index (κ2) is 8.58. The van der Waals surface area contributed by atoms with Crippen molar-refractivity contribution in [3.63, 3.8) is 0 Å². The molecule has 2 heterocycles. The minimum atomic E-state index is -1.60. The van der Waals surface area contributed by atoms with Gasteiger partial charge in [0.2, 0.25) is 0 Å². The van der Waals surface area contributed by atoms with Crippen molar-refractivity contribution in [2.45, 2.75) is 18.0 Å². The standard InChI is InChI=1S/C33H21ClFNO3/c34-25-13-7-6-12-24(25)30(37)29-28(19-8-2-1-3-9-19)33(31(38)22-10-4-5-11-23(22)32(33)39)27-17-14-20-18-21(35)15-16-26(20)36(27)29/h1-18,27-29H/t27-,28-,29+/m0/s1. The van der Waals surface area contributed by atoms with Gasteiger partial charge in [-0.05, 0) is 35.9 Å². The molecule has 39 heavy (non-hydrogen) atoms. The summed E-state index contributed by atoms with van der Waals surface area (Å²) in [6, 6.07) is 25.5. The molecule has 3 aliphatic rings. The van der Waals surface area contributed by atoms with Crippen molar-refractivity contribution in [2.75, 3.05) is 4.90 Å². The van der Waals surface area contributed by atoms with Crippen molar-refractivity contribution < 1.29 is 18.8 Å². The molecule has 0 N–H and O–H groups in total. The van der Waals surface area contributed by atoms with Crippen molar-refractivity contribution in [3.8, 4) is 0 Å². The van der Waals surface area contributed by atoms with Gasteiger partial charge in [-0.15, -0.1) is 0 Å². The van der Waals surface area contributed by atoms with E-state index in [0.717, 1.165) is 0 Å². The molecule has 190 valence electrons. The van der Waals surface area contributed by atoms with Crippen LogP contribution in [0.3, 0.4) is 0 Å². The molecular formula is C33H21ClFNO3. The molecule has 7 rings (SSSR count). The van der Waals surface area contributed by atoms with Crippen molar-refractivity contribution in [2.24, 2.45) is 5.41 Å². The molecule has 6 heteroatoms. The molecule has 1 fully saturated rings. The van der Waals surface area contributed by atoms with E-state index in [2.05, 4.69) is 0 Å². The van der Waals surface area contributed by atoms with Gasteiger partial charge in [0.1, 0.15) is 17.3 Å². The van der Waals surface area contributed by atoms with Crippen LogP contribution in [0.15, 0.2) is 103 Å². The second-order valence-corrected chi connectivity index (χ2v) is 10.6. The highest BCUT2D eigenvalue weighted by molar-refractivity contribution is 6.35. The molecule has 0 amide bonds. The van der Waals surface area contributed by atoms with Crippen LogP contribution in [0.5, 0.6) is 0 Å². The molecule has 2 aliphatic heterocycles. The average molecular weight is 534 g/mol. The number of hydrogen-bond acceptors (Lipinski definition) is 4. The number of carbonyl (C=O) groups is 3. The number of carbonyl (C=O) groups excluding carboxylic acids is 3. The van der Waals surface area contributed by atoms with E-state index in [1.807, 2.05) is 35.2 Å².